The number of carbonyl (C=O) groups is 2. The van der Waals surface area contributed by atoms with Gasteiger partial charge in [0.05, 0.1) is 35.3 Å². The van der Waals surface area contributed by atoms with Crippen LogP contribution in [-0.4, -0.2) is 56.3 Å². The number of aliphatic hydroxyl groups excluding tert-OH is 2. The molecule has 1 aliphatic carbocycles. The molecular formula is C31H37ClN2O5. The summed E-state index contributed by atoms with van der Waals surface area (Å²) in [6.07, 6.45) is 4.56. The zero-order valence-corrected chi connectivity index (χ0v) is 23.4. The molecule has 2 amide bonds. The standard InChI is InChI=1S/C31H37ClN2O5/c1-4-13-34-30(38)23-16-22(18(2)3)28(24(17-35)29(23)31(34)39)27(37)11-9-20(26-7-5-6-12-33-26)14-19-8-10-21(36)15-25(19)32/h5-8,10,12,14-15,18,23-24,27,29,35-37H,4,9,11,13,16-17H2,1-3H3/b20-14-/t23-,24+,27-,29-/m1/s1. The molecule has 1 aromatic carbocycles. The highest BCUT2D eigenvalue weighted by molar-refractivity contribution is 6.32. The fourth-order valence-electron chi connectivity index (χ4n) is 6.05. The highest BCUT2D eigenvalue weighted by Gasteiger charge is 2.54. The number of pyridine rings is 1. The summed E-state index contributed by atoms with van der Waals surface area (Å²) in [7, 11) is 0. The van der Waals surface area contributed by atoms with Crippen molar-refractivity contribution in [3.8, 4) is 5.75 Å². The number of benzene rings is 1. The van der Waals surface area contributed by atoms with Crippen molar-refractivity contribution >= 4 is 35.1 Å². The first-order valence-electron chi connectivity index (χ1n) is 13.6. The van der Waals surface area contributed by atoms with Crippen molar-refractivity contribution in [2.75, 3.05) is 13.2 Å². The van der Waals surface area contributed by atoms with E-state index in [4.69, 9.17) is 11.6 Å². The topological polar surface area (TPSA) is 111 Å². The number of amides is 2. The molecule has 7 nitrogen and oxygen atoms in total. The Hall–Kier alpha value is -3.00. The van der Waals surface area contributed by atoms with Gasteiger partial charge in [-0.2, -0.15) is 0 Å². The zero-order chi connectivity index (χ0) is 28.3. The van der Waals surface area contributed by atoms with Gasteiger partial charge >= 0.3 is 0 Å². The number of allylic oxidation sites excluding steroid dienone is 2. The fourth-order valence-corrected chi connectivity index (χ4v) is 6.28. The molecule has 3 N–H and O–H groups in total. The van der Waals surface area contributed by atoms with Crippen LogP contribution in [0.15, 0.2) is 53.7 Å². The largest absolute Gasteiger partial charge is 0.508 e. The summed E-state index contributed by atoms with van der Waals surface area (Å²) in [4.78, 5) is 32.3. The quantitative estimate of drug-likeness (QED) is 0.279. The Labute approximate surface area is 234 Å². The van der Waals surface area contributed by atoms with Gasteiger partial charge in [0.1, 0.15) is 5.75 Å². The Bertz CT molecular complexity index is 1270. The van der Waals surface area contributed by atoms with Gasteiger partial charge in [0.15, 0.2) is 0 Å². The lowest BCUT2D eigenvalue weighted by atomic mass is 9.66. The minimum Gasteiger partial charge on any atom is -0.508 e. The van der Waals surface area contributed by atoms with Crippen LogP contribution in [0.25, 0.3) is 11.6 Å². The van der Waals surface area contributed by atoms with E-state index in [0.717, 1.165) is 16.8 Å². The number of aliphatic hydroxyl groups is 2. The van der Waals surface area contributed by atoms with Gasteiger partial charge in [-0.3, -0.25) is 19.5 Å². The predicted octanol–water partition coefficient (Wildman–Crippen LogP) is 5.10. The van der Waals surface area contributed by atoms with Crippen LogP contribution in [0.1, 0.15) is 57.7 Å². The number of fused-ring (bicyclic) bond motifs is 1. The lowest BCUT2D eigenvalue weighted by Gasteiger charge is -2.38. The van der Waals surface area contributed by atoms with E-state index in [2.05, 4.69) is 4.98 Å². The van der Waals surface area contributed by atoms with Crippen LogP contribution in [0.5, 0.6) is 5.75 Å². The molecule has 1 aromatic heterocycles. The van der Waals surface area contributed by atoms with Crippen LogP contribution in [0, 0.1) is 23.7 Å². The Morgan fingerprint density at radius 3 is 2.59 bits per heavy atom. The number of rotatable bonds is 10. The summed E-state index contributed by atoms with van der Waals surface area (Å²) in [5.41, 5.74) is 3.94. The highest BCUT2D eigenvalue weighted by atomic mass is 35.5. The van der Waals surface area contributed by atoms with E-state index < -0.39 is 23.9 Å². The highest BCUT2D eigenvalue weighted by Crippen LogP contribution is 2.48. The summed E-state index contributed by atoms with van der Waals surface area (Å²) in [6.45, 7) is 6.03. The van der Waals surface area contributed by atoms with Crippen molar-refractivity contribution in [3.63, 3.8) is 0 Å². The Balaban J connectivity index is 1.66. The molecule has 0 spiro atoms. The number of phenolic OH excluding ortho intramolecular Hbond substituents is 1. The second-order valence-electron chi connectivity index (χ2n) is 10.7. The molecule has 1 saturated heterocycles. The molecule has 0 bridgehead atoms. The van der Waals surface area contributed by atoms with Gasteiger partial charge in [0.2, 0.25) is 11.8 Å². The fraction of sp³-hybridized carbons (Fsp3) is 0.452. The number of phenols is 1. The number of aromatic nitrogens is 1. The maximum absolute atomic E-state index is 13.3. The smallest absolute Gasteiger partial charge is 0.233 e. The van der Waals surface area contributed by atoms with Gasteiger partial charge in [-0.05, 0) is 84.7 Å². The van der Waals surface area contributed by atoms with Crippen LogP contribution in [0.4, 0.5) is 0 Å². The van der Waals surface area contributed by atoms with Gasteiger partial charge in [-0.15, -0.1) is 0 Å². The second-order valence-corrected chi connectivity index (χ2v) is 11.1. The van der Waals surface area contributed by atoms with E-state index >= 15 is 0 Å². The second kappa shape index (κ2) is 12.5. The van der Waals surface area contributed by atoms with E-state index in [1.165, 1.54) is 11.0 Å². The summed E-state index contributed by atoms with van der Waals surface area (Å²) in [6, 6.07) is 10.4. The molecule has 0 saturated carbocycles. The number of likely N-dealkylation sites (tertiary alicyclic amines) is 1. The first-order valence-corrected chi connectivity index (χ1v) is 14.0. The summed E-state index contributed by atoms with van der Waals surface area (Å²) >= 11 is 6.38. The minimum absolute atomic E-state index is 0.0504. The number of carbonyl (C=O) groups excluding carboxylic acids is 2. The molecule has 1 aliphatic heterocycles. The SMILES string of the molecule is CCCN1C(=O)[C@@H]2[C@@H](CC(C(C)C)=C([C@H](O)CC/C(=C/c3ccc(O)cc3Cl)c3ccccn3)[C@@H]2CO)C1=O. The summed E-state index contributed by atoms with van der Waals surface area (Å²) in [5, 5.41) is 32.2. The average molecular weight is 553 g/mol. The molecular weight excluding hydrogens is 516 g/mol. The van der Waals surface area contributed by atoms with Crippen molar-refractivity contribution in [1.29, 1.82) is 0 Å². The van der Waals surface area contributed by atoms with E-state index in [0.29, 0.717) is 48.4 Å². The predicted molar refractivity (Wildman–Crippen MR) is 152 cm³/mol. The van der Waals surface area contributed by atoms with Gasteiger partial charge in [0, 0.05) is 18.7 Å². The van der Waals surface area contributed by atoms with Gasteiger partial charge in [-0.1, -0.05) is 44.0 Å². The lowest BCUT2D eigenvalue weighted by Crippen LogP contribution is -2.39. The minimum atomic E-state index is -0.911. The molecule has 2 aromatic rings. The van der Waals surface area contributed by atoms with Gasteiger partial charge < -0.3 is 15.3 Å². The molecule has 2 heterocycles. The molecule has 1 fully saturated rings. The van der Waals surface area contributed by atoms with Crippen LogP contribution >= 0.6 is 11.6 Å². The van der Waals surface area contributed by atoms with Gasteiger partial charge in [0.25, 0.3) is 0 Å². The van der Waals surface area contributed by atoms with E-state index in [-0.39, 0.29) is 30.1 Å². The average Bonchev–Trinajstić information content (AvgIpc) is 3.16. The number of aromatic hydroxyl groups is 1. The number of hydrogen-bond donors (Lipinski definition) is 3. The van der Waals surface area contributed by atoms with E-state index in [9.17, 15) is 24.9 Å². The maximum atomic E-state index is 13.3. The Kier molecular flexibility index (Phi) is 9.26. The first-order chi connectivity index (χ1) is 18.7. The van der Waals surface area contributed by atoms with Crippen molar-refractivity contribution in [2.24, 2.45) is 23.7 Å². The summed E-state index contributed by atoms with van der Waals surface area (Å²) < 4.78 is 0. The Morgan fingerprint density at radius 1 is 1.21 bits per heavy atom. The van der Waals surface area contributed by atoms with Crippen LogP contribution < -0.4 is 0 Å². The third kappa shape index (κ3) is 5.96. The number of hydrogen-bond acceptors (Lipinski definition) is 6. The molecule has 0 radical (unpaired) electrons. The molecule has 4 rings (SSSR count). The molecule has 2 aliphatic rings. The number of halogens is 1. The third-order valence-corrected chi connectivity index (χ3v) is 8.23. The first kappa shape index (κ1) is 29.0. The third-order valence-electron chi connectivity index (χ3n) is 7.91. The Morgan fingerprint density at radius 2 is 1.97 bits per heavy atom. The van der Waals surface area contributed by atoms with Crippen molar-refractivity contribution in [1.82, 2.24) is 9.88 Å². The molecule has 8 heteroatoms. The van der Waals surface area contributed by atoms with Gasteiger partial charge in [-0.25, -0.2) is 0 Å². The number of imide groups is 1. The zero-order valence-electron chi connectivity index (χ0n) is 22.7. The molecule has 0 unspecified atom stereocenters. The van der Waals surface area contributed by atoms with E-state index in [1.807, 2.05) is 45.0 Å². The maximum Gasteiger partial charge on any atom is 0.233 e. The molecule has 208 valence electrons. The van der Waals surface area contributed by atoms with Crippen LogP contribution in [-0.2, 0) is 9.59 Å². The molecule has 4 atom stereocenters. The van der Waals surface area contributed by atoms with Crippen molar-refractivity contribution in [2.45, 2.75) is 52.6 Å². The van der Waals surface area contributed by atoms with Crippen molar-refractivity contribution < 1.29 is 24.9 Å². The normalized spacial score (nSPS) is 22.6. The summed E-state index contributed by atoms with van der Waals surface area (Å²) in [5.74, 6) is -2.03. The van der Waals surface area contributed by atoms with Crippen LogP contribution in [0.2, 0.25) is 5.02 Å². The molecule has 39 heavy (non-hydrogen) atoms. The monoisotopic (exact) mass is 552 g/mol. The van der Waals surface area contributed by atoms with Crippen LogP contribution in [0.3, 0.4) is 0 Å². The number of nitrogens with zero attached hydrogens (tertiary/aromatic N) is 2. The van der Waals surface area contributed by atoms with E-state index in [1.54, 1.807) is 18.3 Å². The lowest BCUT2D eigenvalue weighted by molar-refractivity contribution is -0.140. The van der Waals surface area contributed by atoms with Crippen molar-refractivity contribution in [3.05, 3.63) is 70.0 Å².